The standard InChI is InChI=1S/C46H63N3O12/c1-24-17-16-18-25(2)45(57)48-36-31(23-47-49-20-14-12-10-11-13-15-21-49)40(54)33-34(41(36)55)39(53)29(6)43-35(33)44(56)46(8,61-43)59-22-19-32(58-9)26(3)42(60-30(7)50)28(5)38(52)27(4)37(24)51/h16-19,22-24,26-28,32,37-38,42,51-55H,10-15,20-21H2,1-9H3,(H,48,57)/t24-,26-,27-,28-,32+,37-,38-,42-,46-/m0/s1. The zero-order valence-corrected chi connectivity index (χ0v) is 36.7. The summed E-state index contributed by atoms with van der Waals surface area (Å²) in [6.07, 6.45) is 11.1. The van der Waals surface area contributed by atoms with E-state index in [1.54, 1.807) is 39.8 Å². The summed E-state index contributed by atoms with van der Waals surface area (Å²) < 4.78 is 23.7. The van der Waals surface area contributed by atoms with Crippen LogP contribution in [0.15, 0.2) is 41.2 Å². The number of fused-ring (bicyclic) bond motifs is 14. The fourth-order valence-electron chi connectivity index (χ4n) is 8.53. The van der Waals surface area contributed by atoms with Crippen LogP contribution < -0.4 is 10.1 Å². The lowest BCUT2D eigenvalue weighted by Gasteiger charge is -2.38. The highest BCUT2D eigenvalue weighted by molar-refractivity contribution is 6.23. The Kier molecular flexibility index (Phi) is 15.2. The predicted octanol–water partition coefficient (Wildman–Crippen LogP) is 6.74. The van der Waals surface area contributed by atoms with Crippen LogP contribution in [0, 0.1) is 30.6 Å². The van der Waals surface area contributed by atoms with Crippen molar-refractivity contribution in [3.8, 4) is 23.0 Å². The Labute approximate surface area is 357 Å². The number of esters is 1. The van der Waals surface area contributed by atoms with Crippen molar-refractivity contribution in [3.63, 3.8) is 0 Å². The Balaban J connectivity index is 1.71. The topological polar surface area (TPSA) is 217 Å². The Bertz CT molecular complexity index is 2090. The molecule has 334 valence electrons. The Morgan fingerprint density at radius 3 is 2.16 bits per heavy atom. The second-order valence-corrected chi connectivity index (χ2v) is 16.9. The molecule has 4 aliphatic heterocycles. The number of aliphatic hydroxyl groups excluding tert-OH is 2. The zero-order valence-electron chi connectivity index (χ0n) is 36.7. The minimum Gasteiger partial charge on any atom is -0.507 e. The van der Waals surface area contributed by atoms with E-state index in [0.717, 1.165) is 38.5 Å². The first-order valence-electron chi connectivity index (χ1n) is 21.2. The highest BCUT2D eigenvalue weighted by atomic mass is 16.7. The van der Waals surface area contributed by atoms with Gasteiger partial charge in [0.1, 0.15) is 23.4 Å². The van der Waals surface area contributed by atoms with Crippen molar-refractivity contribution in [2.75, 3.05) is 25.5 Å². The van der Waals surface area contributed by atoms with Crippen LogP contribution in [0.5, 0.6) is 23.0 Å². The maximum Gasteiger partial charge on any atom is 0.312 e. The number of hydrogen-bond acceptors (Lipinski definition) is 14. The van der Waals surface area contributed by atoms with Gasteiger partial charge in [0.05, 0.1) is 53.0 Å². The number of rotatable bonds is 4. The fourth-order valence-corrected chi connectivity index (χ4v) is 8.53. The summed E-state index contributed by atoms with van der Waals surface area (Å²) in [4.78, 5) is 40.7. The maximum absolute atomic E-state index is 14.5. The summed E-state index contributed by atoms with van der Waals surface area (Å²) >= 11 is 0. The molecule has 2 aromatic carbocycles. The van der Waals surface area contributed by atoms with Crippen molar-refractivity contribution in [1.82, 2.24) is 5.01 Å². The van der Waals surface area contributed by atoms with Gasteiger partial charge in [-0.25, -0.2) is 0 Å². The summed E-state index contributed by atoms with van der Waals surface area (Å²) in [5, 5.41) is 67.5. The number of hydrazone groups is 1. The molecule has 1 saturated heterocycles. The van der Waals surface area contributed by atoms with Crippen molar-refractivity contribution in [3.05, 3.63) is 52.8 Å². The van der Waals surface area contributed by atoms with Gasteiger partial charge in [0.15, 0.2) is 5.75 Å². The number of phenolic OH excluding ortho intramolecular Hbond substituents is 3. The largest absolute Gasteiger partial charge is 0.507 e. The summed E-state index contributed by atoms with van der Waals surface area (Å²) in [5.74, 6) is -8.25. The average Bonchev–Trinajstić information content (AvgIpc) is 3.56. The third-order valence-electron chi connectivity index (χ3n) is 12.5. The summed E-state index contributed by atoms with van der Waals surface area (Å²) in [5.41, 5.74) is -0.276. The van der Waals surface area contributed by atoms with E-state index in [9.17, 15) is 39.9 Å². The molecule has 0 unspecified atom stereocenters. The maximum atomic E-state index is 14.5. The van der Waals surface area contributed by atoms with Gasteiger partial charge in [-0.15, -0.1) is 0 Å². The molecule has 61 heavy (non-hydrogen) atoms. The lowest BCUT2D eigenvalue weighted by Crippen LogP contribution is -2.46. The van der Waals surface area contributed by atoms with Crippen LogP contribution in [0.25, 0.3) is 10.8 Å². The molecule has 9 atom stereocenters. The van der Waals surface area contributed by atoms with Gasteiger partial charge < -0.3 is 49.8 Å². The van der Waals surface area contributed by atoms with Gasteiger partial charge in [0, 0.05) is 74.2 Å². The third-order valence-corrected chi connectivity index (χ3v) is 12.5. The number of anilines is 1. The summed E-state index contributed by atoms with van der Waals surface area (Å²) in [6.45, 7) is 13.9. The van der Waals surface area contributed by atoms with Crippen LogP contribution in [-0.4, -0.2) is 105 Å². The molecule has 5 bridgehead atoms. The SMILES string of the molecule is CO[C@@H]1C=CO[C@@]2(C)Oc3c(C)c(O)c4c(O)c(c(C=NN5CCCCCCCC5)c(O)c4c3C2=O)NC(=O)C(C)=CC=C[C@H](C)[C@H](O)[C@H](C)[C@H](O)[C@H](C)[C@@H](OC(C)=O)[C@H]1C. The van der Waals surface area contributed by atoms with E-state index in [1.807, 2.05) is 5.01 Å². The quantitative estimate of drug-likeness (QED) is 0.0814. The minimum atomic E-state index is -2.04. The number of hydrogen-bond donors (Lipinski definition) is 6. The molecule has 4 aliphatic rings. The average molecular weight is 850 g/mol. The number of carbonyl (C=O) groups excluding carboxylic acids is 3. The molecule has 15 nitrogen and oxygen atoms in total. The van der Waals surface area contributed by atoms with Crippen LogP contribution in [0.1, 0.15) is 108 Å². The second kappa shape index (κ2) is 19.7. The van der Waals surface area contributed by atoms with E-state index in [-0.39, 0.29) is 44.5 Å². The van der Waals surface area contributed by atoms with Crippen LogP contribution in [0.2, 0.25) is 0 Å². The van der Waals surface area contributed by atoms with E-state index in [1.165, 1.54) is 59.4 Å². The molecule has 0 radical (unpaired) electrons. The Morgan fingerprint density at radius 1 is 0.902 bits per heavy atom. The molecule has 6 rings (SSSR count). The molecule has 0 saturated carbocycles. The number of carbonyl (C=O) groups is 3. The monoisotopic (exact) mass is 849 g/mol. The van der Waals surface area contributed by atoms with Crippen molar-refractivity contribution < 1.29 is 58.9 Å². The number of allylic oxidation sites excluding steroid dienone is 2. The molecule has 4 heterocycles. The lowest BCUT2D eigenvalue weighted by atomic mass is 9.78. The summed E-state index contributed by atoms with van der Waals surface area (Å²) in [6, 6.07) is 0. The molecule has 6 N–H and O–H groups in total. The zero-order chi connectivity index (χ0) is 44.9. The molecule has 1 amide bonds. The molecule has 1 fully saturated rings. The summed E-state index contributed by atoms with van der Waals surface area (Å²) in [7, 11) is 1.44. The number of amides is 1. The normalized spacial score (nSPS) is 29.8. The van der Waals surface area contributed by atoms with Crippen molar-refractivity contribution in [1.29, 1.82) is 0 Å². The number of ether oxygens (including phenoxy) is 4. The number of methoxy groups -OCH3 is 1. The number of nitrogens with zero attached hydrogens (tertiary/aromatic N) is 2. The second-order valence-electron chi connectivity index (χ2n) is 16.9. The lowest BCUT2D eigenvalue weighted by molar-refractivity contribution is -0.160. The number of nitrogens with one attached hydrogen (secondary N) is 1. The van der Waals surface area contributed by atoms with Gasteiger partial charge in [0.25, 0.3) is 11.7 Å². The Hall–Kier alpha value is -5.12. The van der Waals surface area contributed by atoms with Gasteiger partial charge in [-0.3, -0.25) is 19.4 Å². The molecule has 0 aliphatic carbocycles. The van der Waals surface area contributed by atoms with E-state index in [4.69, 9.17) is 18.9 Å². The third kappa shape index (κ3) is 9.84. The van der Waals surface area contributed by atoms with Gasteiger partial charge in [-0.05, 0) is 32.8 Å². The van der Waals surface area contributed by atoms with Crippen LogP contribution in [0.4, 0.5) is 5.69 Å². The number of phenols is 3. The van der Waals surface area contributed by atoms with E-state index < -0.39 is 88.8 Å². The number of benzene rings is 2. The molecular formula is C46H63N3O12. The first-order chi connectivity index (χ1) is 28.8. The fraction of sp³-hybridized carbons (Fsp3) is 0.565. The highest BCUT2D eigenvalue weighted by Crippen LogP contribution is 2.55. The number of aromatic hydroxyl groups is 3. The molecule has 15 heteroatoms. The van der Waals surface area contributed by atoms with E-state index >= 15 is 0 Å². The smallest absolute Gasteiger partial charge is 0.312 e. The number of ketones is 1. The Morgan fingerprint density at radius 2 is 1.54 bits per heavy atom. The predicted molar refractivity (Wildman–Crippen MR) is 231 cm³/mol. The first kappa shape index (κ1) is 46.9. The molecule has 0 aromatic heterocycles. The molecular weight excluding hydrogens is 787 g/mol. The van der Waals surface area contributed by atoms with Crippen molar-refractivity contribution in [2.45, 2.75) is 124 Å². The molecule has 2 aromatic rings. The van der Waals surface area contributed by atoms with Gasteiger partial charge in [0.2, 0.25) is 0 Å². The van der Waals surface area contributed by atoms with Crippen molar-refractivity contribution in [2.24, 2.45) is 28.8 Å². The van der Waals surface area contributed by atoms with Gasteiger partial charge in [-0.1, -0.05) is 71.6 Å². The number of aliphatic hydroxyl groups is 2. The highest BCUT2D eigenvalue weighted by Gasteiger charge is 2.50. The first-order valence-corrected chi connectivity index (χ1v) is 21.2. The van der Waals surface area contributed by atoms with Crippen LogP contribution in [-0.2, 0) is 23.8 Å². The number of Topliss-reactive ketones (excluding diaryl/α,β-unsaturated/α-hetero) is 1. The van der Waals surface area contributed by atoms with E-state index in [2.05, 4.69) is 10.4 Å². The minimum absolute atomic E-state index is 0.0645. The molecule has 0 spiro atoms. The van der Waals surface area contributed by atoms with Crippen molar-refractivity contribution >= 4 is 40.3 Å². The van der Waals surface area contributed by atoms with Gasteiger partial charge in [-0.2, -0.15) is 5.10 Å². The van der Waals surface area contributed by atoms with Gasteiger partial charge >= 0.3 is 11.8 Å². The van der Waals surface area contributed by atoms with Crippen LogP contribution in [0.3, 0.4) is 0 Å². The van der Waals surface area contributed by atoms with E-state index in [0.29, 0.717) is 13.1 Å². The van der Waals surface area contributed by atoms with Crippen LogP contribution >= 0.6 is 0 Å².